The minimum atomic E-state index is -3.40. The molecule has 0 aliphatic carbocycles. The Bertz CT molecular complexity index is 638. The topological polar surface area (TPSA) is 92.1 Å². The van der Waals surface area contributed by atoms with E-state index in [0.29, 0.717) is 11.3 Å². The van der Waals surface area contributed by atoms with Crippen molar-refractivity contribution in [3.8, 4) is 0 Å². The minimum Gasteiger partial charge on any atom is -0.398 e. The molecule has 102 valence electrons. The van der Waals surface area contributed by atoms with Crippen LogP contribution in [0.4, 0.5) is 5.69 Å². The molecule has 6 nitrogen and oxygen atoms in total. The number of hydrogen-bond donors (Lipinski definition) is 2. The molecule has 1 heterocycles. The number of rotatable bonds is 5. The molecule has 19 heavy (non-hydrogen) atoms. The maximum atomic E-state index is 12.2. The second kappa shape index (κ2) is 5.41. The predicted octanol–water partition coefficient (Wildman–Crippen LogP) is 0.954. The molecule has 0 fully saturated rings. The Morgan fingerprint density at radius 2 is 2.11 bits per heavy atom. The van der Waals surface area contributed by atoms with Crippen LogP contribution < -0.4 is 5.73 Å². The Morgan fingerprint density at radius 1 is 1.37 bits per heavy atom. The van der Waals surface area contributed by atoms with Crippen molar-refractivity contribution in [1.82, 2.24) is 14.5 Å². The lowest BCUT2D eigenvalue weighted by atomic mass is 10.2. The summed E-state index contributed by atoms with van der Waals surface area (Å²) >= 11 is 0. The molecule has 0 aliphatic heterocycles. The van der Waals surface area contributed by atoms with Gasteiger partial charge in [0.2, 0.25) is 10.0 Å². The number of sulfonamides is 1. The summed E-state index contributed by atoms with van der Waals surface area (Å²) in [6.45, 7) is 0.283. The van der Waals surface area contributed by atoms with E-state index in [2.05, 4.69) is 10.2 Å². The average Bonchev–Trinajstić information content (AvgIpc) is 2.84. The van der Waals surface area contributed by atoms with Crippen LogP contribution in [0.1, 0.15) is 11.1 Å². The highest BCUT2D eigenvalue weighted by molar-refractivity contribution is 7.88. The normalized spacial score (nSPS) is 11.9. The van der Waals surface area contributed by atoms with Gasteiger partial charge in [-0.05, 0) is 11.6 Å². The largest absolute Gasteiger partial charge is 0.398 e. The number of H-pyrrole nitrogens is 1. The van der Waals surface area contributed by atoms with Crippen LogP contribution in [-0.2, 0) is 22.3 Å². The van der Waals surface area contributed by atoms with Gasteiger partial charge in [-0.15, -0.1) is 0 Å². The molecule has 2 aromatic rings. The molecule has 0 saturated heterocycles. The van der Waals surface area contributed by atoms with E-state index in [1.165, 1.54) is 4.31 Å². The number of hydrogen-bond acceptors (Lipinski definition) is 4. The van der Waals surface area contributed by atoms with E-state index in [9.17, 15) is 8.42 Å². The Kier molecular flexibility index (Phi) is 3.87. The zero-order valence-electron chi connectivity index (χ0n) is 10.6. The third-order valence-corrected chi connectivity index (χ3v) is 4.58. The highest BCUT2D eigenvalue weighted by Gasteiger charge is 2.20. The van der Waals surface area contributed by atoms with Crippen LogP contribution in [0, 0.1) is 0 Å². The molecule has 0 aliphatic rings. The van der Waals surface area contributed by atoms with Gasteiger partial charge in [-0.1, -0.05) is 18.2 Å². The van der Waals surface area contributed by atoms with Crippen LogP contribution in [-0.4, -0.2) is 30.0 Å². The summed E-state index contributed by atoms with van der Waals surface area (Å²) in [5, 5.41) is 6.44. The van der Waals surface area contributed by atoms with Crippen LogP contribution in [0.3, 0.4) is 0 Å². The summed E-state index contributed by atoms with van der Waals surface area (Å²) in [5.41, 5.74) is 7.68. The van der Waals surface area contributed by atoms with Crippen molar-refractivity contribution >= 4 is 15.7 Å². The Balaban J connectivity index is 2.12. The lowest BCUT2D eigenvalue weighted by Crippen LogP contribution is -2.27. The predicted molar refractivity (Wildman–Crippen MR) is 73.5 cm³/mol. The van der Waals surface area contributed by atoms with Crippen molar-refractivity contribution in [3.63, 3.8) is 0 Å². The van der Waals surface area contributed by atoms with Crippen molar-refractivity contribution in [1.29, 1.82) is 0 Å². The fourth-order valence-electron chi connectivity index (χ4n) is 1.69. The van der Waals surface area contributed by atoms with Gasteiger partial charge >= 0.3 is 0 Å². The molecule has 3 N–H and O–H groups in total. The van der Waals surface area contributed by atoms with Crippen LogP contribution >= 0.6 is 0 Å². The number of aromatic amines is 1. The molecule has 0 bridgehead atoms. The number of nitrogens with one attached hydrogen (secondary N) is 1. The fraction of sp³-hybridized carbons (Fsp3) is 0.250. The molecule has 7 heteroatoms. The van der Waals surface area contributed by atoms with E-state index in [0.717, 1.165) is 5.56 Å². The first-order valence-corrected chi connectivity index (χ1v) is 7.35. The van der Waals surface area contributed by atoms with Gasteiger partial charge < -0.3 is 5.73 Å². The molecule has 0 unspecified atom stereocenters. The number of nitrogens with two attached hydrogens (primary N) is 1. The number of benzene rings is 1. The van der Waals surface area contributed by atoms with E-state index in [1.54, 1.807) is 43.7 Å². The van der Waals surface area contributed by atoms with Gasteiger partial charge in [-0.25, -0.2) is 12.7 Å². The fourth-order valence-corrected chi connectivity index (χ4v) is 2.91. The maximum Gasteiger partial charge on any atom is 0.218 e. The first-order chi connectivity index (χ1) is 8.99. The van der Waals surface area contributed by atoms with Crippen molar-refractivity contribution in [2.45, 2.75) is 12.3 Å². The van der Waals surface area contributed by atoms with E-state index in [1.807, 2.05) is 0 Å². The quantitative estimate of drug-likeness (QED) is 0.798. The second-order valence-electron chi connectivity index (χ2n) is 4.32. The van der Waals surface area contributed by atoms with E-state index < -0.39 is 10.0 Å². The van der Waals surface area contributed by atoms with Crippen molar-refractivity contribution in [2.75, 3.05) is 12.8 Å². The van der Waals surface area contributed by atoms with Gasteiger partial charge in [0.15, 0.2) is 0 Å². The molecule has 0 radical (unpaired) electrons. The summed E-state index contributed by atoms with van der Waals surface area (Å²) < 4.78 is 25.7. The summed E-state index contributed by atoms with van der Waals surface area (Å²) in [7, 11) is -1.86. The van der Waals surface area contributed by atoms with E-state index in [-0.39, 0.29) is 12.3 Å². The summed E-state index contributed by atoms with van der Waals surface area (Å²) in [6, 6.07) is 6.97. The summed E-state index contributed by atoms with van der Waals surface area (Å²) in [5.74, 6) is -0.103. The van der Waals surface area contributed by atoms with Crippen LogP contribution in [0.2, 0.25) is 0 Å². The lowest BCUT2D eigenvalue weighted by Gasteiger charge is -2.17. The van der Waals surface area contributed by atoms with Gasteiger partial charge in [-0.2, -0.15) is 5.10 Å². The first-order valence-electron chi connectivity index (χ1n) is 5.74. The molecule has 1 aromatic heterocycles. The first kappa shape index (κ1) is 13.6. The van der Waals surface area contributed by atoms with Crippen LogP contribution in [0.25, 0.3) is 0 Å². The molecular weight excluding hydrogens is 264 g/mol. The zero-order chi connectivity index (χ0) is 13.9. The molecule has 0 saturated carbocycles. The van der Waals surface area contributed by atoms with Gasteiger partial charge in [0, 0.05) is 31.0 Å². The number of nitrogen functional groups attached to an aromatic ring is 1. The van der Waals surface area contributed by atoms with E-state index >= 15 is 0 Å². The average molecular weight is 280 g/mol. The monoisotopic (exact) mass is 280 g/mol. The molecule has 0 spiro atoms. The molecule has 0 atom stereocenters. The molecular formula is C12H16N4O2S. The molecule has 2 rings (SSSR count). The number of para-hydroxylation sites is 1. The zero-order valence-corrected chi connectivity index (χ0v) is 11.4. The highest BCUT2D eigenvalue weighted by atomic mass is 32.2. The van der Waals surface area contributed by atoms with Crippen molar-refractivity contribution in [2.24, 2.45) is 0 Å². The van der Waals surface area contributed by atoms with Crippen molar-refractivity contribution < 1.29 is 8.42 Å². The summed E-state index contributed by atoms with van der Waals surface area (Å²) in [6.07, 6.45) is 3.27. The number of aromatic nitrogens is 2. The Labute approximate surface area is 112 Å². The van der Waals surface area contributed by atoms with Crippen LogP contribution in [0.15, 0.2) is 36.7 Å². The molecule has 1 aromatic carbocycles. The second-order valence-corrected chi connectivity index (χ2v) is 6.39. The van der Waals surface area contributed by atoms with Gasteiger partial charge in [0.05, 0.1) is 11.9 Å². The minimum absolute atomic E-state index is 0.103. The third-order valence-electron chi connectivity index (χ3n) is 2.83. The van der Waals surface area contributed by atoms with E-state index in [4.69, 9.17) is 5.73 Å². The van der Waals surface area contributed by atoms with Gasteiger partial charge in [0.25, 0.3) is 0 Å². The van der Waals surface area contributed by atoms with Crippen LogP contribution in [0.5, 0.6) is 0 Å². The van der Waals surface area contributed by atoms with Gasteiger partial charge in [0.1, 0.15) is 0 Å². The number of nitrogens with zero attached hydrogens (tertiary/aromatic N) is 2. The molecule has 0 amide bonds. The highest BCUT2D eigenvalue weighted by Crippen LogP contribution is 2.17. The Morgan fingerprint density at radius 3 is 2.74 bits per heavy atom. The van der Waals surface area contributed by atoms with Crippen molar-refractivity contribution in [3.05, 3.63) is 47.8 Å². The Hall–Kier alpha value is -1.86. The SMILES string of the molecule is CN(Cc1cn[nH]c1)S(=O)(=O)Cc1ccccc1N. The standard InChI is InChI=1S/C12H16N4O2S/c1-16(8-10-6-14-15-7-10)19(17,18)9-11-4-2-3-5-12(11)13/h2-7H,8-9,13H2,1H3,(H,14,15). The lowest BCUT2D eigenvalue weighted by molar-refractivity contribution is 0.466. The smallest absolute Gasteiger partial charge is 0.218 e. The summed E-state index contributed by atoms with van der Waals surface area (Å²) in [4.78, 5) is 0. The third kappa shape index (κ3) is 3.33. The van der Waals surface area contributed by atoms with Gasteiger partial charge in [-0.3, -0.25) is 5.10 Å². The maximum absolute atomic E-state index is 12.2. The number of anilines is 1.